The monoisotopic (exact) mass is 224 g/mol. The third kappa shape index (κ3) is 2.24. The number of nitrogens with zero attached hydrogens (tertiary/aromatic N) is 2. The van der Waals surface area contributed by atoms with Crippen molar-refractivity contribution >= 4 is 5.97 Å². The average molecular weight is 224 g/mol. The van der Waals surface area contributed by atoms with E-state index in [1.54, 1.807) is 0 Å². The van der Waals surface area contributed by atoms with Crippen molar-refractivity contribution in [2.24, 2.45) is 0 Å². The number of hydrogen-bond donors (Lipinski definition) is 1. The summed E-state index contributed by atoms with van der Waals surface area (Å²) in [6.45, 7) is 0.952. The zero-order valence-electron chi connectivity index (χ0n) is 9.35. The lowest BCUT2D eigenvalue weighted by Gasteiger charge is -2.11. The van der Waals surface area contributed by atoms with Crippen LogP contribution in [0.25, 0.3) is 0 Å². The van der Waals surface area contributed by atoms with Crippen LogP contribution >= 0.6 is 0 Å². The van der Waals surface area contributed by atoms with Crippen molar-refractivity contribution in [2.75, 3.05) is 7.11 Å². The number of fused-ring (bicyclic) bond motifs is 1. The molecule has 1 aromatic rings. The topological polar surface area (TPSA) is 64.3 Å². The van der Waals surface area contributed by atoms with Gasteiger partial charge in [-0.25, -0.2) is 4.98 Å². The van der Waals surface area contributed by atoms with E-state index in [0.717, 1.165) is 31.6 Å². The fraction of sp³-hybridized carbons (Fsp3) is 0.636. The molecule has 1 aliphatic heterocycles. The van der Waals surface area contributed by atoms with Crippen molar-refractivity contribution in [2.45, 2.75) is 38.3 Å². The molecule has 5 nitrogen and oxygen atoms in total. The number of ether oxygens (including phenoxy) is 1. The maximum Gasteiger partial charge on any atom is 0.308 e. The van der Waals surface area contributed by atoms with Crippen LogP contribution in [0, 0.1) is 0 Å². The molecular formula is C11H16N2O3. The molecule has 0 spiro atoms. The van der Waals surface area contributed by atoms with Crippen LogP contribution in [-0.4, -0.2) is 27.7 Å². The fourth-order valence-electron chi connectivity index (χ4n) is 1.94. The van der Waals surface area contributed by atoms with Gasteiger partial charge >= 0.3 is 5.97 Å². The number of carbonyl (C=O) groups is 1. The minimum Gasteiger partial charge on any atom is -0.469 e. The summed E-state index contributed by atoms with van der Waals surface area (Å²) < 4.78 is 6.57. The first-order chi connectivity index (χ1) is 7.70. The summed E-state index contributed by atoms with van der Waals surface area (Å²) in [5.41, 5.74) is 0.572. The van der Waals surface area contributed by atoms with Gasteiger partial charge in [0.15, 0.2) is 0 Å². The number of aromatic nitrogens is 2. The molecule has 1 aliphatic rings. The van der Waals surface area contributed by atoms with E-state index in [1.165, 1.54) is 7.11 Å². The number of esters is 1. The van der Waals surface area contributed by atoms with Gasteiger partial charge in [-0.15, -0.1) is 0 Å². The highest BCUT2D eigenvalue weighted by Gasteiger charge is 2.19. The maximum absolute atomic E-state index is 11.0. The average Bonchev–Trinajstić information content (AvgIpc) is 2.72. The van der Waals surface area contributed by atoms with Crippen LogP contribution in [0.5, 0.6) is 0 Å². The van der Waals surface area contributed by atoms with E-state index >= 15 is 0 Å². The van der Waals surface area contributed by atoms with E-state index in [0.29, 0.717) is 5.69 Å². The number of imidazole rings is 1. The molecule has 0 amide bonds. The lowest BCUT2D eigenvalue weighted by Crippen LogP contribution is -2.09. The predicted octanol–water partition coefficient (Wildman–Crippen LogP) is 0.816. The fourth-order valence-corrected chi connectivity index (χ4v) is 1.94. The van der Waals surface area contributed by atoms with Gasteiger partial charge in [0.25, 0.3) is 0 Å². The van der Waals surface area contributed by atoms with Gasteiger partial charge in [0.05, 0.1) is 19.2 Å². The first-order valence-corrected chi connectivity index (χ1v) is 5.51. The zero-order chi connectivity index (χ0) is 11.5. The molecule has 0 saturated carbocycles. The largest absolute Gasteiger partial charge is 0.469 e. The van der Waals surface area contributed by atoms with Crippen molar-refractivity contribution in [3.63, 3.8) is 0 Å². The molecule has 0 bridgehead atoms. The molecule has 0 saturated heterocycles. The Morgan fingerprint density at radius 3 is 3.19 bits per heavy atom. The standard InChI is InChI=1S/C11H16N2O3/c1-16-11(15)6-9(14)8-7-13-5-3-2-4-10(13)12-8/h7,9,14H,2-6H2,1H3/t9-/m0/s1. The SMILES string of the molecule is COC(=O)C[C@H](O)c1cn2c(n1)CCCC2. The van der Waals surface area contributed by atoms with Gasteiger partial charge in [0.1, 0.15) is 11.9 Å². The Morgan fingerprint density at radius 1 is 1.69 bits per heavy atom. The number of aliphatic hydroxyl groups excluding tert-OH is 1. The molecule has 1 atom stereocenters. The van der Waals surface area contributed by atoms with Crippen LogP contribution in [0.15, 0.2) is 6.20 Å². The molecule has 1 aromatic heterocycles. The third-order valence-corrected chi connectivity index (χ3v) is 2.86. The molecule has 16 heavy (non-hydrogen) atoms. The maximum atomic E-state index is 11.0. The lowest BCUT2D eigenvalue weighted by atomic mass is 10.2. The molecule has 2 heterocycles. The van der Waals surface area contributed by atoms with Crippen LogP contribution in [0.3, 0.4) is 0 Å². The quantitative estimate of drug-likeness (QED) is 0.772. The first kappa shape index (κ1) is 11.1. The summed E-state index contributed by atoms with van der Waals surface area (Å²) >= 11 is 0. The van der Waals surface area contributed by atoms with Crippen molar-refractivity contribution in [3.8, 4) is 0 Å². The molecule has 0 unspecified atom stereocenters. The van der Waals surface area contributed by atoms with E-state index in [-0.39, 0.29) is 6.42 Å². The summed E-state index contributed by atoms with van der Waals surface area (Å²) in [6, 6.07) is 0. The number of aryl methyl sites for hydroxylation is 2. The minimum absolute atomic E-state index is 0.0348. The first-order valence-electron chi connectivity index (χ1n) is 5.51. The molecule has 5 heteroatoms. The summed E-state index contributed by atoms with van der Waals surface area (Å²) in [6.07, 6.45) is 4.19. The number of methoxy groups -OCH3 is 1. The molecule has 0 aromatic carbocycles. The van der Waals surface area contributed by atoms with Crippen LogP contribution in [-0.2, 0) is 22.5 Å². The highest BCUT2D eigenvalue weighted by molar-refractivity contribution is 5.69. The lowest BCUT2D eigenvalue weighted by molar-refractivity contribution is -0.142. The van der Waals surface area contributed by atoms with Crippen LogP contribution in [0.4, 0.5) is 0 Å². The van der Waals surface area contributed by atoms with E-state index in [2.05, 4.69) is 14.3 Å². The number of hydrogen-bond acceptors (Lipinski definition) is 4. The van der Waals surface area contributed by atoms with E-state index in [9.17, 15) is 9.90 Å². The van der Waals surface area contributed by atoms with E-state index in [1.807, 2.05) is 6.20 Å². The Balaban J connectivity index is 2.08. The van der Waals surface area contributed by atoms with Crippen molar-refractivity contribution in [3.05, 3.63) is 17.7 Å². The Bertz CT molecular complexity index is 363. The van der Waals surface area contributed by atoms with Gasteiger partial charge in [-0.1, -0.05) is 0 Å². The summed E-state index contributed by atoms with van der Waals surface area (Å²) in [5.74, 6) is 0.587. The minimum atomic E-state index is -0.856. The van der Waals surface area contributed by atoms with E-state index < -0.39 is 12.1 Å². The van der Waals surface area contributed by atoms with E-state index in [4.69, 9.17) is 0 Å². The molecular weight excluding hydrogens is 208 g/mol. The molecule has 0 radical (unpaired) electrons. The zero-order valence-corrected chi connectivity index (χ0v) is 9.35. The Morgan fingerprint density at radius 2 is 2.50 bits per heavy atom. The molecule has 88 valence electrons. The van der Waals surface area contributed by atoms with Gasteiger partial charge in [-0.3, -0.25) is 4.79 Å². The van der Waals surface area contributed by atoms with Gasteiger partial charge in [0, 0.05) is 19.2 Å². The molecule has 0 fully saturated rings. The van der Waals surface area contributed by atoms with Gasteiger partial charge in [-0.05, 0) is 12.8 Å². The highest BCUT2D eigenvalue weighted by Crippen LogP contribution is 2.20. The normalized spacial score (nSPS) is 16.6. The van der Waals surface area contributed by atoms with Gasteiger partial charge in [0.2, 0.25) is 0 Å². The van der Waals surface area contributed by atoms with Crippen LogP contribution in [0.1, 0.15) is 36.9 Å². The summed E-state index contributed by atoms with van der Waals surface area (Å²) in [4.78, 5) is 15.4. The third-order valence-electron chi connectivity index (χ3n) is 2.86. The smallest absolute Gasteiger partial charge is 0.308 e. The Hall–Kier alpha value is -1.36. The molecule has 0 aliphatic carbocycles. The van der Waals surface area contributed by atoms with Crippen molar-refractivity contribution in [1.29, 1.82) is 0 Å². The predicted molar refractivity (Wildman–Crippen MR) is 56.8 cm³/mol. The second kappa shape index (κ2) is 4.65. The second-order valence-corrected chi connectivity index (χ2v) is 4.03. The number of carbonyl (C=O) groups excluding carboxylic acids is 1. The van der Waals surface area contributed by atoms with Crippen LogP contribution < -0.4 is 0 Å². The van der Waals surface area contributed by atoms with Gasteiger partial charge < -0.3 is 14.4 Å². The molecule has 1 N–H and O–H groups in total. The summed E-state index contributed by atoms with van der Waals surface area (Å²) in [7, 11) is 1.31. The summed E-state index contributed by atoms with van der Waals surface area (Å²) in [5, 5.41) is 9.79. The highest BCUT2D eigenvalue weighted by atomic mass is 16.5. The second-order valence-electron chi connectivity index (χ2n) is 4.03. The van der Waals surface area contributed by atoms with Crippen LogP contribution in [0.2, 0.25) is 0 Å². The van der Waals surface area contributed by atoms with Crippen molar-refractivity contribution in [1.82, 2.24) is 9.55 Å². The van der Waals surface area contributed by atoms with Crippen molar-refractivity contribution < 1.29 is 14.6 Å². The molecule has 2 rings (SSSR count). The number of aliphatic hydroxyl groups is 1. The van der Waals surface area contributed by atoms with Gasteiger partial charge in [-0.2, -0.15) is 0 Å². The number of rotatable bonds is 3. The Kier molecular flexibility index (Phi) is 3.24. The Labute approximate surface area is 94.1 Å².